The summed E-state index contributed by atoms with van der Waals surface area (Å²) in [5.41, 5.74) is 0. The second-order valence-electron chi connectivity index (χ2n) is 3.26. The van der Waals surface area contributed by atoms with Gasteiger partial charge < -0.3 is 14.5 Å². The number of ether oxygens (including phenoxy) is 1. The van der Waals surface area contributed by atoms with Crippen LogP contribution in [-0.4, -0.2) is 30.0 Å². The number of hydrogen-bond donors (Lipinski definition) is 1. The summed E-state index contributed by atoms with van der Waals surface area (Å²) >= 11 is 0. The van der Waals surface area contributed by atoms with E-state index in [4.69, 9.17) is 9.15 Å². The van der Waals surface area contributed by atoms with E-state index in [2.05, 4.69) is 15.5 Å². The molecule has 0 aromatic carbocycles. The molecule has 0 amide bonds. The van der Waals surface area contributed by atoms with E-state index in [0.717, 1.165) is 13.2 Å². The fraction of sp³-hybridized carbons (Fsp3) is 0.800. The van der Waals surface area contributed by atoms with Crippen molar-refractivity contribution in [2.75, 3.05) is 19.8 Å². The zero-order valence-corrected chi connectivity index (χ0v) is 9.62. The van der Waals surface area contributed by atoms with Crippen molar-refractivity contribution in [1.82, 2.24) is 15.5 Å². The first-order chi connectivity index (χ1) is 7.27. The summed E-state index contributed by atoms with van der Waals surface area (Å²) in [4.78, 5) is 0. The van der Waals surface area contributed by atoms with Crippen LogP contribution in [0.25, 0.3) is 0 Å². The molecule has 5 heteroatoms. The van der Waals surface area contributed by atoms with E-state index in [1.54, 1.807) is 0 Å². The fourth-order valence-corrected chi connectivity index (χ4v) is 1.24. The molecule has 1 aromatic heterocycles. The number of aromatic nitrogens is 2. The molecule has 0 saturated carbocycles. The molecule has 0 bridgehead atoms. The average Bonchev–Trinajstić information content (AvgIpc) is 2.67. The summed E-state index contributed by atoms with van der Waals surface area (Å²) in [5.74, 6) is 1.28. The minimum atomic E-state index is 0.114. The van der Waals surface area contributed by atoms with Gasteiger partial charge in [-0.3, -0.25) is 0 Å². The highest BCUT2D eigenvalue weighted by Gasteiger charge is 2.12. The van der Waals surface area contributed by atoms with Gasteiger partial charge >= 0.3 is 0 Å². The van der Waals surface area contributed by atoms with E-state index in [0.29, 0.717) is 24.8 Å². The Morgan fingerprint density at radius 3 is 2.87 bits per heavy atom. The monoisotopic (exact) mass is 213 g/mol. The van der Waals surface area contributed by atoms with Gasteiger partial charge in [-0.05, 0) is 20.4 Å². The molecule has 0 fully saturated rings. The lowest BCUT2D eigenvalue weighted by atomic mass is 10.3. The molecule has 1 aromatic rings. The second-order valence-corrected chi connectivity index (χ2v) is 3.26. The maximum atomic E-state index is 5.48. The maximum absolute atomic E-state index is 5.48. The fourth-order valence-electron chi connectivity index (χ4n) is 1.24. The van der Waals surface area contributed by atoms with Gasteiger partial charge in [-0.2, -0.15) is 0 Å². The van der Waals surface area contributed by atoms with Gasteiger partial charge in [0.05, 0.1) is 12.6 Å². The standard InChI is InChI=1S/C10H19N3O2/c1-4-11-8(3)10-13-12-9(15-10)6-7-14-5-2/h8,11H,4-7H2,1-3H3. The summed E-state index contributed by atoms with van der Waals surface area (Å²) in [7, 11) is 0. The van der Waals surface area contributed by atoms with Crippen LogP contribution in [0.15, 0.2) is 4.42 Å². The van der Waals surface area contributed by atoms with Crippen molar-refractivity contribution in [3.05, 3.63) is 11.8 Å². The number of rotatable bonds is 7. The van der Waals surface area contributed by atoms with Gasteiger partial charge in [0.25, 0.3) is 0 Å². The Bertz CT molecular complexity index is 275. The summed E-state index contributed by atoms with van der Waals surface area (Å²) in [6.07, 6.45) is 0.680. The van der Waals surface area contributed by atoms with Crippen molar-refractivity contribution in [3.8, 4) is 0 Å². The minimum absolute atomic E-state index is 0.114. The highest BCUT2D eigenvalue weighted by Crippen LogP contribution is 2.10. The molecule has 0 aliphatic carbocycles. The molecule has 15 heavy (non-hydrogen) atoms. The van der Waals surface area contributed by atoms with Gasteiger partial charge in [0.15, 0.2) is 0 Å². The van der Waals surface area contributed by atoms with Crippen molar-refractivity contribution >= 4 is 0 Å². The summed E-state index contributed by atoms with van der Waals surface area (Å²) in [6.45, 7) is 8.25. The van der Waals surface area contributed by atoms with Crippen LogP contribution in [0.3, 0.4) is 0 Å². The molecule has 1 heterocycles. The molecule has 86 valence electrons. The van der Waals surface area contributed by atoms with Gasteiger partial charge in [0, 0.05) is 13.0 Å². The van der Waals surface area contributed by atoms with Gasteiger partial charge in [-0.25, -0.2) is 0 Å². The summed E-state index contributed by atoms with van der Waals surface area (Å²) in [5, 5.41) is 11.1. The average molecular weight is 213 g/mol. The predicted molar refractivity (Wildman–Crippen MR) is 56.6 cm³/mol. The van der Waals surface area contributed by atoms with Gasteiger partial charge in [-0.1, -0.05) is 6.92 Å². The maximum Gasteiger partial charge on any atom is 0.233 e. The molecule has 1 rings (SSSR count). The summed E-state index contributed by atoms with van der Waals surface area (Å²) in [6, 6.07) is 0.114. The lowest BCUT2D eigenvalue weighted by molar-refractivity contribution is 0.145. The van der Waals surface area contributed by atoms with Crippen LogP contribution in [0.5, 0.6) is 0 Å². The van der Waals surface area contributed by atoms with Crippen molar-refractivity contribution in [2.24, 2.45) is 0 Å². The number of nitrogens with zero attached hydrogens (tertiary/aromatic N) is 2. The summed E-state index contributed by atoms with van der Waals surface area (Å²) < 4.78 is 10.7. The van der Waals surface area contributed by atoms with Crippen LogP contribution in [-0.2, 0) is 11.2 Å². The Morgan fingerprint density at radius 1 is 1.40 bits per heavy atom. The minimum Gasteiger partial charge on any atom is -0.423 e. The normalized spacial score (nSPS) is 13.0. The van der Waals surface area contributed by atoms with Crippen molar-refractivity contribution in [1.29, 1.82) is 0 Å². The SMILES string of the molecule is CCNC(C)c1nnc(CCOCC)o1. The third-order valence-electron chi connectivity index (χ3n) is 2.03. The zero-order chi connectivity index (χ0) is 11.1. The molecule has 1 atom stereocenters. The van der Waals surface area contributed by atoms with Crippen molar-refractivity contribution in [3.63, 3.8) is 0 Å². The highest BCUT2D eigenvalue weighted by atomic mass is 16.5. The van der Waals surface area contributed by atoms with E-state index >= 15 is 0 Å². The molecule has 0 spiro atoms. The smallest absolute Gasteiger partial charge is 0.233 e. The molecule has 0 aliphatic heterocycles. The molecular formula is C10H19N3O2. The van der Waals surface area contributed by atoms with Crippen LogP contribution >= 0.6 is 0 Å². The van der Waals surface area contributed by atoms with Gasteiger partial charge in [-0.15, -0.1) is 10.2 Å². The Balaban J connectivity index is 2.41. The number of nitrogens with one attached hydrogen (secondary N) is 1. The third-order valence-corrected chi connectivity index (χ3v) is 2.03. The molecular weight excluding hydrogens is 194 g/mol. The molecule has 0 radical (unpaired) electrons. The van der Waals surface area contributed by atoms with E-state index in [-0.39, 0.29) is 6.04 Å². The Morgan fingerprint density at radius 2 is 2.20 bits per heavy atom. The van der Waals surface area contributed by atoms with Crippen LogP contribution < -0.4 is 5.32 Å². The largest absolute Gasteiger partial charge is 0.423 e. The van der Waals surface area contributed by atoms with E-state index in [1.807, 2.05) is 20.8 Å². The van der Waals surface area contributed by atoms with Crippen LogP contribution in [0.2, 0.25) is 0 Å². The van der Waals surface area contributed by atoms with Crippen LogP contribution in [0.1, 0.15) is 38.6 Å². The second kappa shape index (κ2) is 6.53. The van der Waals surface area contributed by atoms with E-state index in [9.17, 15) is 0 Å². The first-order valence-corrected chi connectivity index (χ1v) is 5.41. The van der Waals surface area contributed by atoms with Crippen molar-refractivity contribution < 1.29 is 9.15 Å². The van der Waals surface area contributed by atoms with Gasteiger partial charge in [0.2, 0.25) is 11.8 Å². The molecule has 1 N–H and O–H groups in total. The zero-order valence-electron chi connectivity index (χ0n) is 9.62. The quantitative estimate of drug-likeness (QED) is 0.692. The Kier molecular flexibility index (Phi) is 5.28. The Labute approximate surface area is 90.2 Å². The van der Waals surface area contributed by atoms with E-state index in [1.165, 1.54) is 0 Å². The predicted octanol–water partition coefficient (Wildman–Crippen LogP) is 1.32. The molecule has 0 saturated heterocycles. The topological polar surface area (TPSA) is 60.2 Å². The number of hydrogen-bond acceptors (Lipinski definition) is 5. The molecule has 1 unspecified atom stereocenters. The third kappa shape index (κ3) is 3.97. The lowest BCUT2D eigenvalue weighted by Crippen LogP contribution is -2.17. The van der Waals surface area contributed by atoms with Crippen LogP contribution in [0.4, 0.5) is 0 Å². The molecule has 5 nitrogen and oxygen atoms in total. The van der Waals surface area contributed by atoms with Crippen molar-refractivity contribution in [2.45, 2.75) is 33.2 Å². The van der Waals surface area contributed by atoms with Crippen LogP contribution in [0, 0.1) is 0 Å². The lowest BCUT2D eigenvalue weighted by Gasteiger charge is -2.05. The highest BCUT2D eigenvalue weighted by molar-refractivity contribution is 4.88. The molecule has 0 aliphatic rings. The first kappa shape index (κ1) is 12.1. The van der Waals surface area contributed by atoms with E-state index < -0.39 is 0 Å². The first-order valence-electron chi connectivity index (χ1n) is 5.41. The Hall–Kier alpha value is -0.940. The van der Waals surface area contributed by atoms with Gasteiger partial charge in [0.1, 0.15) is 0 Å².